The van der Waals surface area contributed by atoms with Crippen LogP contribution in [-0.2, 0) is 0 Å². The van der Waals surface area contributed by atoms with Crippen molar-refractivity contribution in [2.45, 2.75) is 39.3 Å². The van der Waals surface area contributed by atoms with Crippen molar-refractivity contribution in [3.8, 4) is 5.75 Å². The molecule has 0 bridgehead atoms. The fraction of sp³-hybridized carbons (Fsp3) is 0.571. The zero-order valence-corrected chi connectivity index (χ0v) is 10.9. The average molecular weight is 237 g/mol. The first kappa shape index (κ1) is 14.0. The molecule has 2 unspecified atom stereocenters. The number of hydrogen-bond donors (Lipinski definition) is 2. The molecule has 0 aliphatic carbocycles. The highest BCUT2D eigenvalue weighted by Gasteiger charge is 2.14. The number of rotatable bonds is 7. The van der Waals surface area contributed by atoms with Crippen LogP contribution in [0.5, 0.6) is 5.75 Å². The minimum Gasteiger partial charge on any atom is -0.494 e. The van der Waals surface area contributed by atoms with E-state index in [1.165, 1.54) is 0 Å². The molecule has 0 radical (unpaired) electrons. The van der Waals surface area contributed by atoms with E-state index in [0.717, 1.165) is 17.7 Å². The number of aliphatic hydroxyl groups is 1. The number of para-hydroxylation sites is 1. The van der Waals surface area contributed by atoms with Crippen LogP contribution in [0.25, 0.3) is 0 Å². The summed E-state index contributed by atoms with van der Waals surface area (Å²) in [5.41, 5.74) is 1.14. The van der Waals surface area contributed by atoms with Crippen molar-refractivity contribution < 1.29 is 9.84 Å². The van der Waals surface area contributed by atoms with Crippen molar-refractivity contribution in [3.05, 3.63) is 29.8 Å². The van der Waals surface area contributed by atoms with Crippen LogP contribution >= 0.6 is 0 Å². The lowest BCUT2D eigenvalue weighted by Gasteiger charge is -2.22. The largest absolute Gasteiger partial charge is 0.494 e. The van der Waals surface area contributed by atoms with E-state index in [1.807, 2.05) is 25.1 Å². The summed E-state index contributed by atoms with van der Waals surface area (Å²) in [6.45, 7) is 6.97. The Kier molecular flexibility index (Phi) is 6.01. The second kappa shape index (κ2) is 7.30. The predicted molar refractivity (Wildman–Crippen MR) is 70.3 cm³/mol. The molecule has 1 aromatic carbocycles. The summed E-state index contributed by atoms with van der Waals surface area (Å²) >= 11 is 0. The van der Waals surface area contributed by atoms with E-state index in [2.05, 4.69) is 25.2 Å². The lowest BCUT2D eigenvalue weighted by Crippen LogP contribution is -2.34. The van der Waals surface area contributed by atoms with E-state index in [0.29, 0.717) is 6.61 Å². The number of benzene rings is 1. The molecule has 2 N–H and O–H groups in total. The summed E-state index contributed by atoms with van der Waals surface area (Å²) in [4.78, 5) is 0. The third-order valence-corrected chi connectivity index (χ3v) is 2.88. The molecule has 17 heavy (non-hydrogen) atoms. The van der Waals surface area contributed by atoms with Gasteiger partial charge in [0.25, 0.3) is 0 Å². The van der Waals surface area contributed by atoms with Gasteiger partial charge in [0.1, 0.15) is 5.75 Å². The number of ether oxygens (including phenoxy) is 1. The van der Waals surface area contributed by atoms with Gasteiger partial charge < -0.3 is 15.2 Å². The van der Waals surface area contributed by atoms with Gasteiger partial charge in [0.15, 0.2) is 0 Å². The van der Waals surface area contributed by atoms with Gasteiger partial charge >= 0.3 is 0 Å². The summed E-state index contributed by atoms with van der Waals surface area (Å²) in [6, 6.07) is 8.35. The SMILES string of the molecule is CCOc1ccccc1C(C)NC(CC)CO. The van der Waals surface area contributed by atoms with E-state index >= 15 is 0 Å². The molecule has 0 saturated heterocycles. The molecule has 0 saturated carbocycles. The molecular weight excluding hydrogens is 214 g/mol. The Morgan fingerprint density at radius 1 is 1.29 bits per heavy atom. The monoisotopic (exact) mass is 237 g/mol. The van der Waals surface area contributed by atoms with Gasteiger partial charge in [0, 0.05) is 17.6 Å². The van der Waals surface area contributed by atoms with Crippen LogP contribution in [0.3, 0.4) is 0 Å². The van der Waals surface area contributed by atoms with Gasteiger partial charge in [0.2, 0.25) is 0 Å². The normalized spacial score (nSPS) is 14.4. The van der Waals surface area contributed by atoms with Crippen LogP contribution in [0.4, 0.5) is 0 Å². The maximum Gasteiger partial charge on any atom is 0.124 e. The maximum absolute atomic E-state index is 9.20. The average Bonchev–Trinajstić information content (AvgIpc) is 2.36. The molecule has 3 nitrogen and oxygen atoms in total. The molecule has 0 spiro atoms. The van der Waals surface area contributed by atoms with Crippen LogP contribution in [0.1, 0.15) is 38.8 Å². The Morgan fingerprint density at radius 2 is 2.00 bits per heavy atom. The third-order valence-electron chi connectivity index (χ3n) is 2.88. The van der Waals surface area contributed by atoms with E-state index in [1.54, 1.807) is 0 Å². The zero-order valence-electron chi connectivity index (χ0n) is 10.9. The molecule has 0 amide bonds. The van der Waals surface area contributed by atoms with Crippen molar-refractivity contribution in [1.29, 1.82) is 0 Å². The minimum atomic E-state index is 0.139. The maximum atomic E-state index is 9.20. The molecule has 0 aliphatic heterocycles. The summed E-state index contributed by atoms with van der Waals surface area (Å²) in [5.74, 6) is 0.919. The smallest absolute Gasteiger partial charge is 0.124 e. The Labute approximate surface area is 104 Å². The van der Waals surface area contributed by atoms with Gasteiger partial charge in [0.05, 0.1) is 13.2 Å². The Morgan fingerprint density at radius 3 is 2.59 bits per heavy atom. The van der Waals surface area contributed by atoms with Crippen LogP contribution < -0.4 is 10.1 Å². The number of hydrogen-bond acceptors (Lipinski definition) is 3. The first-order valence-corrected chi connectivity index (χ1v) is 6.31. The second-order valence-electron chi connectivity index (χ2n) is 4.15. The van der Waals surface area contributed by atoms with Crippen molar-refractivity contribution in [3.63, 3.8) is 0 Å². The minimum absolute atomic E-state index is 0.139. The number of nitrogens with one attached hydrogen (secondary N) is 1. The molecule has 3 heteroatoms. The van der Waals surface area contributed by atoms with Crippen LogP contribution in [0.15, 0.2) is 24.3 Å². The van der Waals surface area contributed by atoms with Gasteiger partial charge in [-0.2, -0.15) is 0 Å². The molecule has 1 aromatic rings. The third kappa shape index (κ3) is 4.02. The quantitative estimate of drug-likeness (QED) is 0.765. The van der Waals surface area contributed by atoms with Crippen LogP contribution in [-0.4, -0.2) is 24.4 Å². The van der Waals surface area contributed by atoms with Gasteiger partial charge in [-0.1, -0.05) is 25.1 Å². The summed E-state index contributed by atoms with van der Waals surface area (Å²) < 4.78 is 5.60. The molecule has 0 fully saturated rings. The van der Waals surface area contributed by atoms with Crippen LogP contribution in [0, 0.1) is 0 Å². The van der Waals surface area contributed by atoms with E-state index < -0.39 is 0 Å². The molecule has 2 atom stereocenters. The highest BCUT2D eigenvalue weighted by molar-refractivity contribution is 5.35. The van der Waals surface area contributed by atoms with Crippen LogP contribution in [0.2, 0.25) is 0 Å². The molecule has 0 heterocycles. The molecule has 0 aromatic heterocycles. The van der Waals surface area contributed by atoms with Gasteiger partial charge in [-0.25, -0.2) is 0 Å². The zero-order chi connectivity index (χ0) is 12.7. The van der Waals surface area contributed by atoms with Crippen molar-refractivity contribution in [2.24, 2.45) is 0 Å². The highest BCUT2D eigenvalue weighted by Crippen LogP contribution is 2.25. The fourth-order valence-corrected chi connectivity index (χ4v) is 1.87. The fourth-order valence-electron chi connectivity index (χ4n) is 1.87. The first-order valence-electron chi connectivity index (χ1n) is 6.31. The first-order chi connectivity index (χ1) is 8.22. The van der Waals surface area contributed by atoms with E-state index in [-0.39, 0.29) is 18.7 Å². The Balaban J connectivity index is 2.76. The van der Waals surface area contributed by atoms with E-state index in [4.69, 9.17) is 4.74 Å². The number of aliphatic hydroxyl groups excluding tert-OH is 1. The standard InChI is InChI=1S/C14H23NO2/c1-4-12(10-16)15-11(3)13-8-6-7-9-14(13)17-5-2/h6-9,11-12,15-16H,4-5,10H2,1-3H3. The topological polar surface area (TPSA) is 41.5 Å². The summed E-state index contributed by atoms with van der Waals surface area (Å²) in [6.07, 6.45) is 0.914. The van der Waals surface area contributed by atoms with Gasteiger partial charge in [-0.3, -0.25) is 0 Å². The predicted octanol–water partition coefficient (Wildman–Crippen LogP) is 2.51. The second-order valence-corrected chi connectivity index (χ2v) is 4.15. The molecule has 96 valence electrons. The highest BCUT2D eigenvalue weighted by atomic mass is 16.5. The van der Waals surface area contributed by atoms with E-state index in [9.17, 15) is 5.11 Å². The molecular formula is C14H23NO2. The van der Waals surface area contributed by atoms with Crippen molar-refractivity contribution >= 4 is 0 Å². The van der Waals surface area contributed by atoms with Crippen molar-refractivity contribution in [1.82, 2.24) is 5.32 Å². The Hall–Kier alpha value is -1.06. The van der Waals surface area contributed by atoms with Crippen molar-refractivity contribution in [2.75, 3.05) is 13.2 Å². The lowest BCUT2D eigenvalue weighted by molar-refractivity contribution is 0.229. The summed E-state index contributed by atoms with van der Waals surface area (Å²) in [5, 5.41) is 12.6. The van der Waals surface area contributed by atoms with Gasteiger partial charge in [-0.15, -0.1) is 0 Å². The molecule has 1 rings (SSSR count). The molecule has 0 aliphatic rings. The Bertz CT molecular complexity index is 324. The lowest BCUT2D eigenvalue weighted by atomic mass is 10.1. The summed E-state index contributed by atoms with van der Waals surface area (Å²) in [7, 11) is 0. The van der Waals surface area contributed by atoms with Gasteiger partial charge in [-0.05, 0) is 26.3 Å².